The molecular weight excluding hydrogens is 260 g/mol. The van der Waals surface area contributed by atoms with E-state index in [2.05, 4.69) is 16.8 Å². The molecule has 5 nitrogen and oxygen atoms in total. The molecule has 0 bridgehead atoms. The Hall–Kier alpha value is -0.690. The van der Waals surface area contributed by atoms with Crippen molar-refractivity contribution in [2.24, 2.45) is 5.73 Å². The lowest BCUT2D eigenvalue weighted by atomic mass is 10.0. The van der Waals surface area contributed by atoms with Gasteiger partial charge in [-0.25, -0.2) is 4.98 Å². The molecule has 2 rings (SSSR count). The van der Waals surface area contributed by atoms with Crippen LogP contribution in [-0.4, -0.2) is 50.2 Å². The van der Waals surface area contributed by atoms with Crippen molar-refractivity contribution in [3.05, 3.63) is 10.6 Å². The molecule has 2 N–H and O–H groups in total. The fourth-order valence-electron chi connectivity index (χ4n) is 2.21. The number of hydrogen-bond donors (Lipinski definition) is 1. The van der Waals surface area contributed by atoms with Gasteiger partial charge in [-0.2, -0.15) is 0 Å². The van der Waals surface area contributed by atoms with E-state index in [1.165, 1.54) is 0 Å². The van der Waals surface area contributed by atoms with E-state index in [0.29, 0.717) is 6.61 Å². The maximum Gasteiger partial charge on any atom is 0.186 e. The molecule has 1 aliphatic heterocycles. The van der Waals surface area contributed by atoms with Crippen LogP contribution < -0.4 is 10.6 Å². The fraction of sp³-hybridized carbons (Fsp3) is 0.769. The third-order valence-corrected chi connectivity index (χ3v) is 4.82. The number of rotatable bonds is 4. The van der Waals surface area contributed by atoms with E-state index in [1.807, 2.05) is 13.8 Å². The van der Waals surface area contributed by atoms with E-state index in [4.69, 9.17) is 15.5 Å². The molecule has 0 aromatic carbocycles. The topological polar surface area (TPSA) is 54.6 Å². The number of nitrogens with zero attached hydrogens (tertiary/aromatic N) is 3. The largest absolute Gasteiger partial charge is 0.378 e. The molecule has 0 amide bonds. The number of likely N-dealkylation sites (N-methyl/N-ethyl adjacent to an activating group) is 1. The van der Waals surface area contributed by atoms with Gasteiger partial charge in [-0.3, -0.25) is 0 Å². The minimum Gasteiger partial charge on any atom is -0.378 e. The summed E-state index contributed by atoms with van der Waals surface area (Å²) in [6.45, 7) is 8.80. The molecular formula is C13H24N4OS. The summed E-state index contributed by atoms with van der Waals surface area (Å²) in [5, 5.41) is 1.08. The van der Waals surface area contributed by atoms with Crippen molar-refractivity contribution in [2.45, 2.75) is 26.0 Å². The van der Waals surface area contributed by atoms with Gasteiger partial charge >= 0.3 is 0 Å². The summed E-state index contributed by atoms with van der Waals surface area (Å²) in [6, 6.07) is 0. The van der Waals surface area contributed by atoms with Crippen LogP contribution in [0.3, 0.4) is 0 Å². The summed E-state index contributed by atoms with van der Waals surface area (Å²) in [5.41, 5.74) is 6.86. The summed E-state index contributed by atoms with van der Waals surface area (Å²) in [4.78, 5) is 10.6. The fourth-order valence-corrected chi connectivity index (χ4v) is 3.35. The molecule has 1 fully saturated rings. The standard InChI is InChI=1S/C13H24N4OS/c1-13(2,14)11-10(9-18-4)15-12(19-11)17-7-5-16(3)6-8-17/h5-9,14H2,1-4H3. The molecule has 0 spiro atoms. The number of methoxy groups -OCH3 is 1. The maximum atomic E-state index is 6.24. The Morgan fingerprint density at radius 1 is 1.32 bits per heavy atom. The predicted octanol–water partition coefficient (Wildman–Crippen LogP) is 1.24. The number of ether oxygens (including phenoxy) is 1. The molecule has 1 aromatic rings. The van der Waals surface area contributed by atoms with Gasteiger partial charge in [0.05, 0.1) is 17.2 Å². The normalized spacial score (nSPS) is 18.1. The van der Waals surface area contributed by atoms with E-state index < -0.39 is 0 Å². The van der Waals surface area contributed by atoms with Crippen molar-refractivity contribution in [3.8, 4) is 0 Å². The summed E-state index contributed by atoms with van der Waals surface area (Å²) in [5.74, 6) is 0. The highest BCUT2D eigenvalue weighted by atomic mass is 32.1. The third kappa shape index (κ3) is 3.45. The molecule has 0 unspecified atom stereocenters. The van der Waals surface area contributed by atoms with Crippen LogP contribution in [-0.2, 0) is 16.9 Å². The van der Waals surface area contributed by atoms with Crippen LogP contribution in [0.5, 0.6) is 0 Å². The lowest BCUT2D eigenvalue weighted by molar-refractivity contribution is 0.180. The number of nitrogens with two attached hydrogens (primary N) is 1. The molecule has 0 saturated carbocycles. The quantitative estimate of drug-likeness (QED) is 0.901. The van der Waals surface area contributed by atoms with E-state index in [-0.39, 0.29) is 5.54 Å². The van der Waals surface area contributed by atoms with Gasteiger partial charge in [0.25, 0.3) is 0 Å². The summed E-state index contributed by atoms with van der Waals surface area (Å²) < 4.78 is 5.24. The van der Waals surface area contributed by atoms with Crippen LogP contribution in [0, 0.1) is 0 Å². The van der Waals surface area contributed by atoms with Gasteiger partial charge in [0.15, 0.2) is 5.13 Å². The van der Waals surface area contributed by atoms with Crippen molar-refractivity contribution < 1.29 is 4.74 Å². The zero-order valence-electron chi connectivity index (χ0n) is 12.3. The average Bonchev–Trinajstić information content (AvgIpc) is 2.74. The predicted molar refractivity (Wildman–Crippen MR) is 79.8 cm³/mol. The van der Waals surface area contributed by atoms with Gasteiger partial charge in [-0.05, 0) is 20.9 Å². The first-order valence-electron chi connectivity index (χ1n) is 6.63. The lowest BCUT2D eigenvalue weighted by Gasteiger charge is -2.32. The highest BCUT2D eigenvalue weighted by Crippen LogP contribution is 2.33. The molecule has 19 heavy (non-hydrogen) atoms. The highest BCUT2D eigenvalue weighted by molar-refractivity contribution is 7.15. The Balaban J connectivity index is 2.22. The molecule has 0 atom stereocenters. The molecule has 6 heteroatoms. The number of piperazine rings is 1. The van der Waals surface area contributed by atoms with Gasteiger partial charge in [0.1, 0.15) is 0 Å². The Kier molecular flexibility index (Phi) is 4.45. The SMILES string of the molecule is COCc1nc(N2CCN(C)CC2)sc1C(C)(C)N. The van der Waals surface area contributed by atoms with Crippen LogP contribution in [0.25, 0.3) is 0 Å². The van der Waals surface area contributed by atoms with Gasteiger partial charge in [0, 0.05) is 38.8 Å². The first-order chi connectivity index (χ1) is 8.91. The van der Waals surface area contributed by atoms with E-state index in [0.717, 1.165) is 41.9 Å². The second-order valence-corrected chi connectivity index (χ2v) is 6.69. The van der Waals surface area contributed by atoms with Crippen LogP contribution >= 0.6 is 11.3 Å². The Labute approximate surface area is 119 Å². The van der Waals surface area contributed by atoms with Gasteiger partial charge in [0.2, 0.25) is 0 Å². The summed E-state index contributed by atoms with van der Waals surface area (Å²) >= 11 is 1.71. The smallest absolute Gasteiger partial charge is 0.186 e. The monoisotopic (exact) mass is 284 g/mol. The van der Waals surface area contributed by atoms with Crippen molar-refractivity contribution in [2.75, 3.05) is 45.2 Å². The molecule has 0 radical (unpaired) electrons. The van der Waals surface area contributed by atoms with E-state index in [9.17, 15) is 0 Å². The van der Waals surface area contributed by atoms with Gasteiger partial charge in [-0.1, -0.05) is 11.3 Å². The van der Waals surface area contributed by atoms with Crippen LogP contribution in [0.15, 0.2) is 0 Å². The zero-order chi connectivity index (χ0) is 14.0. The molecule has 108 valence electrons. The van der Waals surface area contributed by atoms with Crippen molar-refractivity contribution in [1.82, 2.24) is 9.88 Å². The van der Waals surface area contributed by atoms with E-state index in [1.54, 1.807) is 18.4 Å². The minimum absolute atomic E-state index is 0.365. The first-order valence-corrected chi connectivity index (χ1v) is 7.45. The lowest BCUT2D eigenvalue weighted by Crippen LogP contribution is -2.44. The third-order valence-electron chi connectivity index (χ3n) is 3.33. The van der Waals surface area contributed by atoms with Gasteiger partial charge in [-0.15, -0.1) is 0 Å². The molecule has 1 saturated heterocycles. The average molecular weight is 284 g/mol. The van der Waals surface area contributed by atoms with E-state index >= 15 is 0 Å². The summed E-state index contributed by atoms with van der Waals surface area (Å²) in [6.07, 6.45) is 0. The Bertz CT molecular complexity index is 419. The summed E-state index contributed by atoms with van der Waals surface area (Å²) in [7, 11) is 3.85. The van der Waals surface area contributed by atoms with Gasteiger partial charge < -0.3 is 20.3 Å². The number of anilines is 1. The van der Waals surface area contributed by atoms with Crippen LogP contribution in [0.2, 0.25) is 0 Å². The highest BCUT2D eigenvalue weighted by Gasteiger charge is 2.26. The second-order valence-electron chi connectivity index (χ2n) is 5.72. The molecule has 1 aromatic heterocycles. The Morgan fingerprint density at radius 3 is 2.47 bits per heavy atom. The van der Waals surface area contributed by atoms with Crippen molar-refractivity contribution >= 4 is 16.5 Å². The van der Waals surface area contributed by atoms with Crippen molar-refractivity contribution in [1.29, 1.82) is 0 Å². The van der Waals surface area contributed by atoms with Crippen LogP contribution in [0.1, 0.15) is 24.4 Å². The number of thiazole rings is 1. The molecule has 1 aliphatic rings. The zero-order valence-corrected chi connectivity index (χ0v) is 13.1. The van der Waals surface area contributed by atoms with Crippen molar-refractivity contribution in [3.63, 3.8) is 0 Å². The first kappa shape index (κ1) is 14.7. The Morgan fingerprint density at radius 2 is 1.95 bits per heavy atom. The second kappa shape index (κ2) is 5.75. The minimum atomic E-state index is -0.365. The number of hydrogen-bond acceptors (Lipinski definition) is 6. The van der Waals surface area contributed by atoms with Crippen LogP contribution in [0.4, 0.5) is 5.13 Å². The molecule has 0 aliphatic carbocycles. The number of aromatic nitrogens is 1. The molecule has 2 heterocycles. The maximum absolute atomic E-state index is 6.24.